The van der Waals surface area contributed by atoms with E-state index in [1.165, 1.54) is 12.1 Å². The van der Waals surface area contributed by atoms with E-state index >= 15 is 0 Å². The number of nitrogens with one attached hydrogen (secondary N) is 2. The van der Waals surface area contributed by atoms with Gasteiger partial charge in [-0.25, -0.2) is 4.39 Å². The van der Waals surface area contributed by atoms with Gasteiger partial charge in [0.25, 0.3) is 11.8 Å². The summed E-state index contributed by atoms with van der Waals surface area (Å²) in [7, 11) is 1.55. The van der Waals surface area contributed by atoms with E-state index in [0.717, 1.165) is 0 Å². The highest BCUT2D eigenvalue weighted by Gasteiger charge is 2.35. The van der Waals surface area contributed by atoms with E-state index in [9.17, 15) is 18.8 Å². The molecule has 3 rings (SSSR count). The van der Waals surface area contributed by atoms with Crippen molar-refractivity contribution in [2.75, 3.05) is 20.2 Å². The van der Waals surface area contributed by atoms with E-state index in [-0.39, 0.29) is 41.2 Å². The zero-order chi connectivity index (χ0) is 25.5. The van der Waals surface area contributed by atoms with Crippen LogP contribution in [0.15, 0.2) is 48.5 Å². The molecule has 7 nitrogen and oxygen atoms in total. The number of hydrogen-bond donors (Lipinski definition) is 2. The van der Waals surface area contributed by atoms with Crippen molar-refractivity contribution < 1.29 is 23.5 Å². The van der Waals surface area contributed by atoms with Crippen molar-refractivity contribution in [3.05, 3.63) is 65.5 Å². The molecule has 1 saturated heterocycles. The van der Waals surface area contributed by atoms with Crippen molar-refractivity contribution >= 4 is 17.7 Å². The zero-order valence-corrected chi connectivity index (χ0v) is 20.7. The second-order valence-electron chi connectivity index (χ2n) is 9.33. The summed E-state index contributed by atoms with van der Waals surface area (Å²) in [5.74, 6) is -0.807. The fraction of sp³-hybridized carbons (Fsp3) is 0.444. The number of nitrogens with zero attached hydrogens (tertiary/aromatic N) is 1. The van der Waals surface area contributed by atoms with Crippen molar-refractivity contribution in [3.8, 4) is 5.75 Å². The Morgan fingerprint density at radius 1 is 0.971 bits per heavy atom. The number of halogens is 1. The van der Waals surface area contributed by atoms with Gasteiger partial charge in [-0.15, -0.1) is 0 Å². The third-order valence-corrected chi connectivity index (χ3v) is 6.69. The fourth-order valence-corrected chi connectivity index (χ4v) is 4.09. The molecule has 2 aromatic rings. The molecule has 1 heterocycles. The van der Waals surface area contributed by atoms with Gasteiger partial charge in [-0.05, 0) is 68.0 Å². The molecule has 35 heavy (non-hydrogen) atoms. The molecule has 0 aromatic heterocycles. The molecular formula is C27H34FN3O4. The Labute approximate surface area is 206 Å². The summed E-state index contributed by atoms with van der Waals surface area (Å²) in [4.78, 5) is 40.6. The molecule has 0 spiro atoms. The normalized spacial score (nSPS) is 15.9. The Hall–Kier alpha value is -3.42. The molecule has 8 heteroatoms. The summed E-state index contributed by atoms with van der Waals surface area (Å²) in [5, 5.41) is 5.93. The van der Waals surface area contributed by atoms with Crippen LogP contribution in [0.5, 0.6) is 5.75 Å². The van der Waals surface area contributed by atoms with Crippen molar-refractivity contribution in [1.29, 1.82) is 0 Å². The van der Waals surface area contributed by atoms with Gasteiger partial charge in [-0.3, -0.25) is 14.4 Å². The van der Waals surface area contributed by atoms with Crippen LogP contribution < -0.4 is 15.4 Å². The van der Waals surface area contributed by atoms with Crippen LogP contribution in [0.1, 0.15) is 54.3 Å². The molecule has 1 fully saturated rings. The van der Waals surface area contributed by atoms with Crippen LogP contribution in [0.4, 0.5) is 4.39 Å². The lowest BCUT2D eigenvalue weighted by Crippen LogP contribution is -2.55. The van der Waals surface area contributed by atoms with Crippen LogP contribution in [-0.2, 0) is 4.79 Å². The Kier molecular flexibility index (Phi) is 8.84. The summed E-state index contributed by atoms with van der Waals surface area (Å²) in [6.07, 6.45) is 1.02. The minimum Gasteiger partial charge on any atom is -0.497 e. The lowest BCUT2D eigenvalue weighted by molar-refractivity contribution is -0.125. The Balaban J connectivity index is 1.72. The first-order valence-electron chi connectivity index (χ1n) is 12.0. The maximum absolute atomic E-state index is 14.1. The topological polar surface area (TPSA) is 87.7 Å². The number of amides is 3. The molecule has 1 aliphatic rings. The van der Waals surface area contributed by atoms with Gasteiger partial charge in [-0.1, -0.05) is 26.0 Å². The monoisotopic (exact) mass is 483 g/mol. The maximum Gasteiger partial charge on any atom is 0.256 e. The minimum atomic E-state index is -0.753. The van der Waals surface area contributed by atoms with E-state index < -0.39 is 11.9 Å². The standard InChI is InChI=1S/C27H34FN3O4/c1-17(2)18(3)29-26(33)24(30-25(32)20-9-11-21(35-4)12-10-20)19-13-15-31(16-14-19)27(34)22-7-5-6-8-23(22)28/h5-12,17-19,24H,13-16H2,1-4H3,(H,29,33)(H,30,32)/t18-,24-/m1/s1. The van der Waals surface area contributed by atoms with Crippen LogP contribution in [0.3, 0.4) is 0 Å². The van der Waals surface area contributed by atoms with Gasteiger partial charge in [0.1, 0.15) is 17.6 Å². The zero-order valence-electron chi connectivity index (χ0n) is 20.7. The molecule has 1 aliphatic heterocycles. The van der Waals surface area contributed by atoms with Crippen LogP contribution in [0.2, 0.25) is 0 Å². The second-order valence-corrected chi connectivity index (χ2v) is 9.33. The first-order valence-corrected chi connectivity index (χ1v) is 12.0. The van der Waals surface area contributed by atoms with Crippen LogP contribution >= 0.6 is 0 Å². The average Bonchev–Trinajstić information content (AvgIpc) is 2.87. The number of carbonyl (C=O) groups is 3. The predicted molar refractivity (Wildman–Crippen MR) is 132 cm³/mol. The summed E-state index contributed by atoms with van der Waals surface area (Å²) in [6.45, 7) is 6.71. The largest absolute Gasteiger partial charge is 0.497 e. The molecule has 2 N–H and O–H groups in total. The quantitative estimate of drug-likeness (QED) is 0.600. The number of rotatable bonds is 8. The smallest absolute Gasteiger partial charge is 0.256 e. The number of hydrogen-bond acceptors (Lipinski definition) is 4. The van der Waals surface area contributed by atoms with Crippen LogP contribution in [0, 0.1) is 17.7 Å². The summed E-state index contributed by atoms with van der Waals surface area (Å²) < 4.78 is 19.2. The van der Waals surface area contributed by atoms with Gasteiger partial charge >= 0.3 is 0 Å². The molecule has 2 aromatic carbocycles. The fourth-order valence-electron chi connectivity index (χ4n) is 4.09. The van der Waals surface area contributed by atoms with Crippen molar-refractivity contribution in [3.63, 3.8) is 0 Å². The maximum atomic E-state index is 14.1. The van der Waals surface area contributed by atoms with Crippen molar-refractivity contribution in [2.24, 2.45) is 11.8 Å². The van der Waals surface area contributed by atoms with E-state index in [1.807, 2.05) is 20.8 Å². The molecule has 0 unspecified atom stereocenters. The number of ether oxygens (including phenoxy) is 1. The van der Waals surface area contributed by atoms with Gasteiger partial charge in [-0.2, -0.15) is 0 Å². The van der Waals surface area contributed by atoms with Crippen molar-refractivity contribution in [2.45, 2.75) is 45.7 Å². The van der Waals surface area contributed by atoms with Crippen molar-refractivity contribution in [1.82, 2.24) is 15.5 Å². The van der Waals surface area contributed by atoms with Gasteiger partial charge in [0, 0.05) is 24.7 Å². The van der Waals surface area contributed by atoms with E-state index in [0.29, 0.717) is 37.2 Å². The highest BCUT2D eigenvalue weighted by Crippen LogP contribution is 2.24. The van der Waals surface area contributed by atoms with Gasteiger partial charge in [0.2, 0.25) is 5.91 Å². The molecule has 3 amide bonds. The number of methoxy groups -OCH3 is 1. The number of likely N-dealkylation sites (tertiary alicyclic amines) is 1. The second kappa shape index (κ2) is 11.8. The molecule has 0 aliphatic carbocycles. The van der Waals surface area contributed by atoms with E-state index in [2.05, 4.69) is 10.6 Å². The molecule has 0 saturated carbocycles. The van der Waals surface area contributed by atoms with Crippen LogP contribution in [-0.4, -0.2) is 54.9 Å². The molecule has 0 bridgehead atoms. The molecule has 2 atom stereocenters. The van der Waals surface area contributed by atoms with Gasteiger partial charge in [0.05, 0.1) is 12.7 Å². The highest BCUT2D eigenvalue weighted by atomic mass is 19.1. The Bertz CT molecular complexity index is 1030. The Morgan fingerprint density at radius 3 is 2.17 bits per heavy atom. The molecular weight excluding hydrogens is 449 g/mol. The number of benzene rings is 2. The average molecular weight is 484 g/mol. The number of carbonyl (C=O) groups excluding carboxylic acids is 3. The third kappa shape index (κ3) is 6.59. The summed E-state index contributed by atoms with van der Waals surface area (Å²) in [6, 6.07) is 11.8. The summed E-state index contributed by atoms with van der Waals surface area (Å²) in [5.41, 5.74) is 0.464. The minimum absolute atomic E-state index is 0.0406. The first kappa shape index (κ1) is 26.2. The molecule has 188 valence electrons. The van der Waals surface area contributed by atoms with Gasteiger partial charge < -0.3 is 20.3 Å². The van der Waals surface area contributed by atoms with Gasteiger partial charge in [0.15, 0.2) is 0 Å². The predicted octanol–water partition coefficient (Wildman–Crippen LogP) is 3.65. The lowest BCUT2D eigenvalue weighted by atomic mass is 9.87. The summed E-state index contributed by atoms with van der Waals surface area (Å²) >= 11 is 0. The SMILES string of the molecule is COc1ccc(C(=O)N[C@@H](C(=O)N[C@H](C)C(C)C)C2CCN(C(=O)c3ccccc3F)CC2)cc1. The lowest BCUT2D eigenvalue weighted by Gasteiger charge is -2.36. The van der Waals surface area contributed by atoms with E-state index in [4.69, 9.17) is 4.74 Å². The molecule has 0 radical (unpaired) electrons. The first-order chi connectivity index (χ1) is 16.7. The van der Waals surface area contributed by atoms with Crippen LogP contribution in [0.25, 0.3) is 0 Å². The highest BCUT2D eigenvalue weighted by molar-refractivity contribution is 5.98. The number of piperidine rings is 1. The third-order valence-electron chi connectivity index (χ3n) is 6.69. The van der Waals surface area contributed by atoms with E-state index in [1.54, 1.807) is 48.4 Å². The Morgan fingerprint density at radius 2 is 1.60 bits per heavy atom.